The number of hydrogen-bond donors (Lipinski definition) is 1. The molecule has 1 N–H and O–H groups in total. The summed E-state index contributed by atoms with van der Waals surface area (Å²) in [5.74, 6) is -0.371. The lowest BCUT2D eigenvalue weighted by atomic mass is 10.1. The van der Waals surface area contributed by atoms with E-state index in [0.717, 1.165) is 13.2 Å². The molecule has 74 valence electrons. The summed E-state index contributed by atoms with van der Waals surface area (Å²) < 4.78 is 29.4. The van der Waals surface area contributed by atoms with Gasteiger partial charge in [0.15, 0.2) is 0 Å². The van der Waals surface area contributed by atoms with E-state index in [1.165, 1.54) is 6.07 Å². The van der Waals surface area contributed by atoms with E-state index in [2.05, 4.69) is 9.72 Å². The van der Waals surface area contributed by atoms with Gasteiger partial charge in [-0.1, -0.05) is 0 Å². The molecule has 1 heterocycles. The van der Waals surface area contributed by atoms with Crippen LogP contribution in [-0.2, 0) is 0 Å². The number of rotatable bonds is 2. The maximum absolute atomic E-state index is 12.4. The first-order valence-corrected chi connectivity index (χ1v) is 3.59. The van der Waals surface area contributed by atoms with Crippen LogP contribution in [0.4, 0.5) is 8.78 Å². The molecule has 1 aromatic heterocycles. The molecule has 0 saturated heterocycles. The molecule has 0 fully saturated rings. The molecule has 0 atom stereocenters. The van der Waals surface area contributed by atoms with Crippen molar-refractivity contribution in [2.75, 3.05) is 7.11 Å². The number of nitriles is 1. The summed E-state index contributed by atoms with van der Waals surface area (Å²) in [5.41, 5.74) is -1.61. The summed E-state index contributed by atoms with van der Waals surface area (Å²) in [7, 11) is 1.14. The van der Waals surface area contributed by atoms with Crippen molar-refractivity contribution >= 4 is 0 Å². The smallest absolute Gasteiger partial charge is 0.270 e. The Balaban J connectivity index is 3.51. The first kappa shape index (κ1) is 10.2. The summed E-state index contributed by atoms with van der Waals surface area (Å²) in [6.07, 6.45) is -2.86. The Hall–Kier alpha value is -1.90. The minimum Gasteiger partial charge on any atom is -0.482 e. The average molecular weight is 200 g/mol. The number of hydrogen-bond acceptors (Lipinski definition) is 3. The van der Waals surface area contributed by atoms with Gasteiger partial charge >= 0.3 is 0 Å². The number of aromatic nitrogens is 1. The third-order valence-electron chi connectivity index (χ3n) is 1.59. The van der Waals surface area contributed by atoms with E-state index in [4.69, 9.17) is 5.26 Å². The number of aromatic amines is 1. The van der Waals surface area contributed by atoms with Crippen LogP contribution >= 0.6 is 0 Å². The SMILES string of the molecule is COc1[nH]c(=O)cc(C#N)c1C(F)F. The molecule has 4 nitrogen and oxygen atoms in total. The van der Waals surface area contributed by atoms with Crippen LogP contribution in [0.25, 0.3) is 0 Å². The van der Waals surface area contributed by atoms with Gasteiger partial charge in [0.2, 0.25) is 5.88 Å². The fraction of sp³-hybridized carbons (Fsp3) is 0.250. The molecule has 0 aliphatic heterocycles. The molecule has 14 heavy (non-hydrogen) atoms. The van der Waals surface area contributed by atoms with Gasteiger partial charge in [-0.15, -0.1) is 0 Å². The number of ether oxygens (including phenoxy) is 1. The number of alkyl halides is 2. The number of halogens is 2. The predicted molar refractivity (Wildman–Crippen MR) is 43.3 cm³/mol. The van der Waals surface area contributed by atoms with Crippen LogP contribution in [0.5, 0.6) is 5.88 Å². The first-order valence-electron chi connectivity index (χ1n) is 3.59. The molecular weight excluding hydrogens is 194 g/mol. The van der Waals surface area contributed by atoms with Gasteiger partial charge in [-0.05, 0) is 0 Å². The standard InChI is InChI=1S/C8H6F2N2O2/c1-14-8-6(7(9)10)4(3-11)2-5(13)12-8/h2,7H,1H3,(H,12,13). The van der Waals surface area contributed by atoms with Crippen molar-refractivity contribution in [3.8, 4) is 11.9 Å². The Labute approximate surface area is 77.7 Å². The van der Waals surface area contributed by atoms with Crippen molar-refractivity contribution < 1.29 is 13.5 Å². The Morgan fingerprint density at radius 1 is 1.64 bits per heavy atom. The molecule has 0 saturated carbocycles. The van der Waals surface area contributed by atoms with Crippen LogP contribution in [0.1, 0.15) is 17.6 Å². The lowest BCUT2D eigenvalue weighted by Gasteiger charge is -2.07. The minimum atomic E-state index is -2.86. The maximum Gasteiger partial charge on any atom is 0.270 e. The van der Waals surface area contributed by atoms with Gasteiger partial charge in [0.25, 0.3) is 12.0 Å². The maximum atomic E-state index is 12.4. The lowest BCUT2D eigenvalue weighted by molar-refractivity contribution is 0.145. The minimum absolute atomic E-state index is 0.371. The molecule has 0 bridgehead atoms. The largest absolute Gasteiger partial charge is 0.482 e. The molecule has 0 unspecified atom stereocenters. The predicted octanol–water partition coefficient (Wildman–Crippen LogP) is 1.19. The van der Waals surface area contributed by atoms with Gasteiger partial charge in [-0.2, -0.15) is 5.26 Å². The molecule has 0 aromatic carbocycles. The Morgan fingerprint density at radius 2 is 2.29 bits per heavy atom. The quantitative estimate of drug-likeness (QED) is 0.779. The van der Waals surface area contributed by atoms with Gasteiger partial charge < -0.3 is 4.74 Å². The van der Waals surface area contributed by atoms with E-state index < -0.39 is 17.5 Å². The van der Waals surface area contributed by atoms with E-state index in [-0.39, 0.29) is 11.4 Å². The number of pyridine rings is 1. The van der Waals surface area contributed by atoms with Crippen LogP contribution in [0.2, 0.25) is 0 Å². The molecule has 0 aliphatic carbocycles. The fourth-order valence-corrected chi connectivity index (χ4v) is 1.02. The zero-order valence-electron chi connectivity index (χ0n) is 7.17. The van der Waals surface area contributed by atoms with Crippen molar-refractivity contribution in [1.82, 2.24) is 4.98 Å². The van der Waals surface area contributed by atoms with Gasteiger partial charge in [0, 0.05) is 6.07 Å². The van der Waals surface area contributed by atoms with Gasteiger partial charge in [0.05, 0.1) is 18.2 Å². The second-order valence-corrected chi connectivity index (χ2v) is 2.41. The third kappa shape index (κ3) is 1.71. The zero-order valence-corrected chi connectivity index (χ0v) is 7.17. The number of nitrogens with zero attached hydrogens (tertiary/aromatic N) is 1. The molecule has 0 radical (unpaired) electrons. The highest BCUT2D eigenvalue weighted by molar-refractivity contribution is 5.43. The summed E-state index contributed by atoms with van der Waals surface area (Å²) in [6.45, 7) is 0. The van der Waals surface area contributed by atoms with Crippen molar-refractivity contribution in [1.29, 1.82) is 5.26 Å². The van der Waals surface area contributed by atoms with E-state index >= 15 is 0 Å². The number of methoxy groups -OCH3 is 1. The van der Waals surface area contributed by atoms with Crippen LogP contribution < -0.4 is 10.3 Å². The highest BCUT2D eigenvalue weighted by Crippen LogP contribution is 2.28. The fourth-order valence-electron chi connectivity index (χ4n) is 1.02. The normalized spacial score (nSPS) is 9.93. The van der Waals surface area contributed by atoms with E-state index in [9.17, 15) is 13.6 Å². The van der Waals surface area contributed by atoms with E-state index in [1.807, 2.05) is 0 Å². The van der Waals surface area contributed by atoms with Gasteiger partial charge in [-0.25, -0.2) is 8.78 Å². The third-order valence-corrected chi connectivity index (χ3v) is 1.59. The Kier molecular flexibility index (Phi) is 2.82. The molecule has 1 rings (SSSR count). The summed E-state index contributed by atoms with van der Waals surface area (Å²) in [6, 6.07) is 2.32. The van der Waals surface area contributed by atoms with Crippen LogP contribution in [-0.4, -0.2) is 12.1 Å². The highest BCUT2D eigenvalue weighted by atomic mass is 19.3. The van der Waals surface area contributed by atoms with Crippen LogP contribution in [0, 0.1) is 11.3 Å². The molecule has 0 spiro atoms. The summed E-state index contributed by atoms with van der Waals surface area (Å²) >= 11 is 0. The molecular formula is C8H6F2N2O2. The number of nitrogens with one attached hydrogen (secondary N) is 1. The molecule has 0 amide bonds. The molecule has 1 aromatic rings. The van der Waals surface area contributed by atoms with Crippen LogP contribution in [0.3, 0.4) is 0 Å². The van der Waals surface area contributed by atoms with Crippen molar-refractivity contribution in [3.05, 3.63) is 27.5 Å². The first-order chi connectivity index (χ1) is 6.60. The second kappa shape index (κ2) is 3.87. The van der Waals surface area contributed by atoms with Crippen molar-refractivity contribution in [2.24, 2.45) is 0 Å². The second-order valence-electron chi connectivity index (χ2n) is 2.41. The Morgan fingerprint density at radius 3 is 2.71 bits per heavy atom. The van der Waals surface area contributed by atoms with Gasteiger partial charge in [0.1, 0.15) is 6.07 Å². The van der Waals surface area contributed by atoms with Crippen molar-refractivity contribution in [3.63, 3.8) is 0 Å². The van der Waals surface area contributed by atoms with Gasteiger partial charge in [-0.3, -0.25) is 9.78 Å². The van der Waals surface area contributed by atoms with Crippen molar-refractivity contribution in [2.45, 2.75) is 6.43 Å². The summed E-state index contributed by atoms with van der Waals surface area (Å²) in [4.78, 5) is 12.9. The zero-order chi connectivity index (χ0) is 10.7. The van der Waals surface area contributed by atoms with E-state index in [0.29, 0.717) is 0 Å². The molecule has 0 aliphatic rings. The monoisotopic (exact) mass is 200 g/mol. The average Bonchev–Trinajstić information content (AvgIpc) is 2.15. The highest BCUT2D eigenvalue weighted by Gasteiger charge is 2.20. The Bertz CT molecular complexity index is 434. The molecule has 6 heteroatoms. The topological polar surface area (TPSA) is 65.9 Å². The van der Waals surface area contributed by atoms with E-state index in [1.54, 1.807) is 0 Å². The number of H-pyrrole nitrogens is 1. The summed E-state index contributed by atoms with van der Waals surface area (Å²) in [5, 5.41) is 8.52. The lowest BCUT2D eigenvalue weighted by Crippen LogP contribution is -2.11. The van der Waals surface area contributed by atoms with Crippen LogP contribution in [0.15, 0.2) is 10.9 Å².